The van der Waals surface area contributed by atoms with Gasteiger partial charge >= 0.3 is 0 Å². The van der Waals surface area contributed by atoms with Crippen LogP contribution < -0.4 is 10.5 Å². The van der Waals surface area contributed by atoms with E-state index in [4.69, 9.17) is 15.7 Å². The summed E-state index contributed by atoms with van der Waals surface area (Å²) in [6.07, 6.45) is 0. The Kier molecular flexibility index (Phi) is 2.20. The summed E-state index contributed by atoms with van der Waals surface area (Å²) in [5.41, 5.74) is 7.71. The fourth-order valence-corrected chi connectivity index (χ4v) is 0.999. The Morgan fingerprint density at radius 1 is 1.50 bits per heavy atom. The van der Waals surface area contributed by atoms with Crippen molar-refractivity contribution in [2.24, 2.45) is 0 Å². The van der Waals surface area contributed by atoms with Crippen LogP contribution in [-0.4, -0.2) is 7.11 Å². The topological polar surface area (TPSA) is 59.0 Å². The van der Waals surface area contributed by atoms with E-state index in [1.165, 1.54) is 7.11 Å². The summed E-state index contributed by atoms with van der Waals surface area (Å²) >= 11 is 0. The first-order valence-corrected chi connectivity index (χ1v) is 3.53. The van der Waals surface area contributed by atoms with E-state index in [0.717, 1.165) is 5.56 Å². The Morgan fingerprint density at radius 2 is 2.17 bits per heavy atom. The summed E-state index contributed by atoms with van der Waals surface area (Å²) in [7, 11) is 1.53. The van der Waals surface area contributed by atoms with Crippen molar-refractivity contribution in [1.82, 2.24) is 0 Å². The minimum atomic E-state index is 0.562. The first-order chi connectivity index (χ1) is 5.69. The molecule has 0 spiro atoms. The molecule has 0 radical (unpaired) electrons. The molecule has 1 rings (SSSR count). The van der Waals surface area contributed by atoms with Gasteiger partial charge in [-0.2, -0.15) is 5.26 Å². The number of rotatable bonds is 1. The zero-order chi connectivity index (χ0) is 9.14. The SMILES string of the molecule is COc1cc(C#N)cc(C)c1N. The number of nitrogens with two attached hydrogens (primary N) is 1. The van der Waals surface area contributed by atoms with Crippen LogP contribution in [0, 0.1) is 18.3 Å². The second kappa shape index (κ2) is 3.14. The highest BCUT2D eigenvalue weighted by molar-refractivity contribution is 5.61. The minimum Gasteiger partial charge on any atom is -0.495 e. The Balaban J connectivity index is 3.31. The third-order valence-corrected chi connectivity index (χ3v) is 1.70. The molecule has 0 fully saturated rings. The highest BCUT2D eigenvalue weighted by atomic mass is 16.5. The van der Waals surface area contributed by atoms with E-state index in [1.807, 2.05) is 13.0 Å². The van der Waals surface area contributed by atoms with Crippen molar-refractivity contribution in [3.63, 3.8) is 0 Å². The van der Waals surface area contributed by atoms with Crippen LogP contribution in [0.2, 0.25) is 0 Å². The summed E-state index contributed by atoms with van der Waals surface area (Å²) in [5, 5.41) is 8.63. The van der Waals surface area contributed by atoms with Crippen molar-refractivity contribution in [2.75, 3.05) is 12.8 Å². The van der Waals surface area contributed by atoms with Crippen molar-refractivity contribution >= 4 is 5.69 Å². The Bertz CT molecular complexity index is 339. The van der Waals surface area contributed by atoms with Crippen molar-refractivity contribution < 1.29 is 4.74 Å². The summed E-state index contributed by atoms with van der Waals surface area (Å²) in [5.74, 6) is 0.562. The number of nitrogens with zero attached hydrogens (tertiary/aromatic N) is 1. The number of benzene rings is 1. The molecule has 0 saturated heterocycles. The summed E-state index contributed by atoms with van der Waals surface area (Å²) < 4.78 is 4.99. The largest absolute Gasteiger partial charge is 0.495 e. The predicted molar refractivity (Wildman–Crippen MR) is 46.9 cm³/mol. The number of hydrogen-bond acceptors (Lipinski definition) is 3. The summed E-state index contributed by atoms with van der Waals surface area (Å²) in [6.45, 7) is 1.85. The fourth-order valence-electron chi connectivity index (χ4n) is 0.999. The number of hydrogen-bond donors (Lipinski definition) is 1. The van der Waals surface area contributed by atoms with Crippen LogP contribution in [0.15, 0.2) is 12.1 Å². The van der Waals surface area contributed by atoms with Gasteiger partial charge in [-0.3, -0.25) is 0 Å². The van der Waals surface area contributed by atoms with E-state index < -0.39 is 0 Å². The highest BCUT2D eigenvalue weighted by Crippen LogP contribution is 2.25. The van der Waals surface area contributed by atoms with Crippen molar-refractivity contribution in [1.29, 1.82) is 5.26 Å². The average molecular weight is 162 g/mol. The maximum absolute atomic E-state index is 8.63. The van der Waals surface area contributed by atoms with E-state index in [9.17, 15) is 0 Å². The van der Waals surface area contributed by atoms with Gasteiger partial charge in [-0.05, 0) is 18.6 Å². The van der Waals surface area contributed by atoms with E-state index in [0.29, 0.717) is 17.0 Å². The molecule has 0 saturated carbocycles. The van der Waals surface area contributed by atoms with Gasteiger partial charge in [-0.25, -0.2) is 0 Å². The normalized spacial score (nSPS) is 9.08. The molecule has 3 nitrogen and oxygen atoms in total. The molecule has 3 heteroatoms. The molecule has 62 valence electrons. The third-order valence-electron chi connectivity index (χ3n) is 1.70. The minimum absolute atomic E-state index is 0.562. The van der Waals surface area contributed by atoms with Gasteiger partial charge in [-0.1, -0.05) is 0 Å². The zero-order valence-corrected chi connectivity index (χ0v) is 7.09. The number of methoxy groups -OCH3 is 1. The molecule has 0 unspecified atom stereocenters. The monoisotopic (exact) mass is 162 g/mol. The zero-order valence-electron chi connectivity index (χ0n) is 7.09. The molecule has 0 atom stereocenters. The van der Waals surface area contributed by atoms with Gasteiger partial charge < -0.3 is 10.5 Å². The molecule has 12 heavy (non-hydrogen) atoms. The fraction of sp³-hybridized carbons (Fsp3) is 0.222. The average Bonchev–Trinajstić information content (AvgIpc) is 2.09. The van der Waals surface area contributed by atoms with Crippen LogP contribution in [0.4, 0.5) is 5.69 Å². The second-order valence-electron chi connectivity index (χ2n) is 2.52. The number of anilines is 1. The molecule has 0 bridgehead atoms. The maximum atomic E-state index is 8.63. The van der Waals surface area contributed by atoms with Gasteiger partial charge in [-0.15, -0.1) is 0 Å². The van der Waals surface area contributed by atoms with E-state index >= 15 is 0 Å². The lowest BCUT2D eigenvalue weighted by atomic mass is 10.1. The van der Waals surface area contributed by atoms with Crippen molar-refractivity contribution in [3.8, 4) is 11.8 Å². The highest BCUT2D eigenvalue weighted by Gasteiger charge is 2.04. The molecular formula is C9H10N2O. The molecule has 2 N–H and O–H groups in total. The summed E-state index contributed by atoms with van der Waals surface area (Å²) in [4.78, 5) is 0. The standard InChI is InChI=1S/C9H10N2O/c1-6-3-7(5-10)4-8(12-2)9(6)11/h3-4H,11H2,1-2H3. The Labute approximate surface area is 71.4 Å². The molecule has 1 aromatic rings. The number of nitrogen functional groups attached to an aromatic ring is 1. The lowest BCUT2D eigenvalue weighted by molar-refractivity contribution is 0.416. The van der Waals surface area contributed by atoms with E-state index in [1.54, 1.807) is 12.1 Å². The molecule has 0 aliphatic heterocycles. The molecule has 0 aromatic heterocycles. The quantitative estimate of drug-likeness (QED) is 0.636. The second-order valence-corrected chi connectivity index (χ2v) is 2.52. The van der Waals surface area contributed by atoms with E-state index in [-0.39, 0.29) is 0 Å². The van der Waals surface area contributed by atoms with Crippen molar-refractivity contribution in [3.05, 3.63) is 23.3 Å². The number of nitriles is 1. The lowest BCUT2D eigenvalue weighted by Gasteiger charge is -2.06. The molecule has 0 amide bonds. The van der Waals surface area contributed by atoms with Crippen LogP contribution in [0.3, 0.4) is 0 Å². The van der Waals surface area contributed by atoms with Crippen LogP contribution in [0.25, 0.3) is 0 Å². The van der Waals surface area contributed by atoms with Gasteiger partial charge in [0.2, 0.25) is 0 Å². The van der Waals surface area contributed by atoms with Crippen LogP contribution in [0.1, 0.15) is 11.1 Å². The van der Waals surface area contributed by atoms with Crippen LogP contribution in [0.5, 0.6) is 5.75 Å². The van der Waals surface area contributed by atoms with Crippen LogP contribution >= 0.6 is 0 Å². The van der Waals surface area contributed by atoms with Gasteiger partial charge in [0, 0.05) is 6.07 Å². The smallest absolute Gasteiger partial charge is 0.143 e. The molecule has 0 aliphatic rings. The third kappa shape index (κ3) is 1.32. The molecule has 0 heterocycles. The number of aryl methyl sites for hydroxylation is 1. The Hall–Kier alpha value is -1.69. The van der Waals surface area contributed by atoms with Gasteiger partial charge in [0.25, 0.3) is 0 Å². The van der Waals surface area contributed by atoms with Crippen molar-refractivity contribution in [2.45, 2.75) is 6.92 Å². The van der Waals surface area contributed by atoms with Gasteiger partial charge in [0.15, 0.2) is 0 Å². The molecule has 1 aromatic carbocycles. The molecule has 0 aliphatic carbocycles. The first-order valence-electron chi connectivity index (χ1n) is 3.53. The Morgan fingerprint density at radius 3 is 2.67 bits per heavy atom. The van der Waals surface area contributed by atoms with E-state index in [2.05, 4.69) is 0 Å². The molecular weight excluding hydrogens is 152 g/mol. The lowest BCUT2D eigenvalue weighted by Crippen LogP contribution is -1.96. The number of ether oxygens (including phenoxy) is 1. The maximum Gasteiger partial charge on any atom is 0.143 e. The van der Waals surface area contributed by atoms with Gasteiger partial charge in [0.05, 0.1) is 24.4 Å². The first kappa shape index (κ1) is 8.41. The summed E-state index contributed by atoms with van der Waals surface area (Å²) in [6, 6.07) is 5.40. The van der Waals surface area contributed by atoms with Gasteiger partial charge in [0.1, 0.15) is 5.75 Å². The van der Waals surface area contributed by atoms with Crippen LogP contribution in [-0.2, 0) is 0 Å². The predicted octanol–water partition coefficient (Wildman–Crippen LogP) is 1.46.